The van der Waals surface area contributed by atoms with Gasteiger partial charge in [-0.05, 0) is 31.2 Å². The Kier molecular flexibility index (Phi) is 6.74. The summed E-state index contributed by atoms with van der Waals surface area (Å²) in [6, 6.07) is 1.05. The van der Waals surface area contributed by atoms with Gasteiger partial charge in [-0.25, -0.2) is 15.0 Å². The van der Waals surface area contributed by atoms with Crippen LogP contribution in [0.3, 0.4) is 0 Å². The van der Waals surface area contributed by atoms with Crippen LogP contribution < -0.4 is 10.6 Å². The standard InChI is InChI=1S/C17H14F6N6O/c1-9(13(27-8-24)29-15-25-3-2-4-26-15)28-14(30)10-5-11(16(18,19)20)7-12(6-10)17(21,22)23/h2-9H,1H3,(H,28,30)(H2,24,25,26,27,29). The van der Waals surface area contributed by atoms with Crippen LogP contribution >= 0.6 is 0 Å². The van der Waals surface area contributed by atoms with Crippen molar-refractivity contribution in [3.05, 3.63) is 53.3 Å². The summed E-state index contributed by atoms with van der Waals surface area (Å²) in [6.45, 7) is 1.36. The van der Waals surface area contributed by atoms with E-state index >= 15 is 0 Å². The summed E-state index contributed by atoms with van der Waals surface area (Å²) in [6.07, 6.45) is -6.76. The van der Waals surface area contributed by atoms with Crippen molar-refractivity contribution in [3.63, 3.8) is 0 Å². The van der Waals surface area contributed by atoms with Gasteiger partial charge < -0.3 is 10.6 Å². The van der Waals surface area contributed by atoms with Crippen LogP contribution in [0.25, 0.3) is 0 Å². The number of aromatic nitrogens is 2. The number of carbonyl (C=O) groups excluding carboxylic acids is 1. The molecule has 2 aromatic rings. The van der Waals surface area contributed by atoms with Gasteiger partial charge in [0.15, 0.2) is 0 Å². The molecule has 1 heterocycles. The number of aliphatic imine (C=N–C) groups is 1. The maximum absolute atomic E-state index is 13.0. The molecule has 3 N–H and O–H groups in total. The van der Waals surface area contributed by atoms with E-state index in [9.17, 15) is 31.1 Å². The van der Waals surface area contributed by atoms with Gasteiger partial charge in [-0.15, -0.1) is 0 Å². The highest BCUT2D eigenvalue weighted by atomic mass is 19.4. The molecule has 0 aliphatic rings. The zero-order chi connectivity index (χ0) is 22.5. The quantitative estimate of drug-likeness (QED) is 0.380. The van der Waals surface area contributed by atoms with Crippen LogP contribution in [0.5, 0.6) is 0 Å². The Balaban J connectivity index is 2.30. The number of anilines is 1. The molecule has 1 unspecified atom stereocenters. The van der Waals surface area contributed by atoms with Crippen molar-refractivity contribution in [3.8, 4) is 0 Å². The zero-order valence-corrected chi connectivity index (χ0v) is 15.1. The number of nitrogens with one attached hydrogen (secondary N) is 3. The molecule has 0 aliphatic carbocycles. The maximum atomic E-state index is 13.0. The molecule has 1 atom stereocenters. The van der Waals surface area contributed by atoms with Crippen LogP contribution in [0.4, 0.5) is 32.3 Å². The second-order valence-corrected chi connectivity index (χ2v) is 5.83. The molecule has 7 nitrogen and oxygen atoms in total. The zero-order valence-electron chi connectivity index (χ0n) is 15.1. The largest absolute Gasteiger partial charge is 0.416 e. The van der Waals surface area contributed by atoms with E-state index in [4.69, 9.17) is 5.41 Å². The van der Waals surface area contributed by atoms with Gasteiger partial charge in [0.25, 0.3) is 5.91 Å². The van der Waals surface area contributed by atoms with Crippen LogP contribution in [0.15, 0.2) is 41.7 Å². The summed E-state index contributed by atoms with van der Waals surface area (Å²) in [5.41, 5.74) is -4.06. The first kappa shape index (κ1) is 22.8. The lowest BCUT2D eigenvalue weighted by atomic mass is 10.0. The van der Waals surface area contributed by atoms with Crippen LogP contribution in [0, 0.1) is 5.41 Å². The molecule has 0 spiro atoms. The topological polar surface area (TPSA) is 103 Å². The number of hydrogen-bond acceptors (Lipinski definition) is 4. The van der Waals surface area contributed by atoms with Gasteiger partial charge in [0.05, 0.1) is 17.2 Å². The predicted octanol–water partition coefficient (Wildman–Crippen LogP) is 3.75. The minimum Gasteiger partial charge on any atom is -0.342 e. The van der Waals surface area contributed by atoms with E-state index in [0.29, 0.717) is 18.5 Å². The number of amides is 1. The minimum atomic E-state index is -5.08. The van der Waals surface area contributed by atoms with Crippen molar-refractivity contribution in [2.45, 2.75) is 25.3 Å². The van der Waals surface area contributed by atoms with Crippen molar-refractivity contribution in [2.24, 2.45) is 4.99 Å². The fourth-order valence-electron chi connectivity index (χ4n) is 2.23. The predicted molar refractivity (Wildman–Crippen MR) is 95.2 cm³/mol. The molecule has 1 aromatic carbocycles. The lowest BCUT2D eigenvalue weighted by Crippen LogP contribution is -2.42. The fourth-order valence-corrected chi connectivity index (χ4v) is 2.23. The Morgan fingerprint density at radius 1 is 1.07 bits per heavy atom. The Labute approximate surface area is 165 Å². The summed E-state index contributed by atoms with van der Waals surface area (Å²) in [7, 11) is 0. The Hall–Kier alpha value is -3.51. The second kappa shape index (κ2) is 8.88. The molecule has 13 heteroatoms. The first-order valence-corrected chi connectivity index (χ1v) is 8.13. The van der Waals surface area contributed by atoms with Gasteiger partial charge in [-0.1, -0.05) is 0 Å². The smallest absolute Gasteiger partial charge is 0.342 e. The van der Waals surface area contributed by atoms with Crippen molar-refractivity contribution >= 4 is 24.0 Å². The van der Waals surface area contributed by atoms with Crippen molar-refractivity contribution in [1.82, 2.24) is 15.3 Å². The average molecular weight is 432 g/mol. The highest BCUT2D eigenvalue weighted by Crippen LogP contribution is 2.36. The number of benzene rings is 1. The van der Waals surface area contributed by atoms with E-state index in [-0.39, 0.29) is 17.9 Å². The van der Waals surface area contributed by atoms with Gasteiger partial charge in [-0.3, -0.25) is 10.2 Å². The molecule has 0 saturated carbocycles. The van der Waals surface area contributed by atoms with Crippen LogP contribution in [-0.4, -0.2) is 34.1 Å². The van der Waals surface area contributed by atoms with Gasteiger partial charge in [0, 0.05) is 18.0 Å². The summed E-state index contributed by atoms with van der Waals surface area (Å²) in [5.74, 6) is -1.21. The van der Waals surface area contributed by atoms with Crippen molar-refractivity contribution in [2.75, 3.05) is 5.32 Å². The number of carbonyl (C=O) groups is 1. The molecule has 2 rings (SSSR count). The Bertz CT molecular complexity index is 910. The molecule has 0 bridgehead atoms. The Morgan fingerprint density at radius 2 is 1.60 bits per heavy atom. The molecule has 160 valence electrons. The molecule has 30 heavy (non-hydrogen) atoms. The van der Waals surface area contributed by atoms with E-state index in [0.717, 1.165) is 0 Å². The molecular formula is C17H14F6N6O. The molecule has 0 fully saturated rings. The fraction of sp³-hybridized carbons (Fsp3) is 0.235. The summed E-state index contributed by atoms with van der Waals surface area (Å²) in [5, 5.41) is 11.9. The first-order valence-electron chi connectivity index (χ1n) is 8.13. The van der Waals surface area contributed by atoms with Crippen LogP contribution in [0.2, 0.25) is 0 Å². The van der Waals surface area contributed by atoms with E-state index in [1.807, 2.05) is 0 Å². The molecule has 0 aliphatic heterocycles. The molecule has 0 radical (unpaired) electrons. The number of halogens is 6. The van der Waals surface area contributed by atoms with E-state index < -0.39 is 41.0 Å². The lowest BCUT2D eigenvalue weighted by molar-refractivity contribution is -0.143. The summed E-state index contributed by atoms with van der Waals surface area (Å²) >= 11 is 0. The molecule has 1 aromatic heterocycles. The number of hydrogen-bond donors (Lipinski definition) is 3. The second-order valence-electron chi connectivity index (χ2n) is 5.83. The van der Waals surface area contributed by atoms with E-state index in [1.165, 1.54) is 25.4 Å². The highest BCUT2D eigenvalue weighted by molar-refractivity contribution is 6.05. The minimum absolute atomic E-state index is 0.0534. The third-order valence-electron chi connectivity index (χ3n) is 3.62. The monoisotopic (exact) mass is 432 g/mol. The number of alkyl halides is 6. The Morgan fingerprint density at radius 3 is 2.07 bits per heavy atom. The van der Waals surface area contributed by atoms with Crippen LogP contribution in [0.1, 0.15) is 28.4 Å². The van der Waals surface area contributed by atoms with Gasteiger partial charge in [0.2, 0.25) is 5.95 Å². The van der Waals surface area contributed by atoms with Gasteiger partial charge in [0.1, 0.15) is 12.2 Å². The van der Waals surface area contributed by atoms with E-state index in [1.54, 1.807) is 0 Å². The van der Waals surface area contributed by atoms with E-state index in [2.05, 4.69) is 25.6 Å². The summed E-state index contributed by atoms with van der Waals surface area (Å²) < 4.78 is 77.8. The lowest BCUT2D eigenvalue weighted by Gasteiger charge is -2.18. The number of rotatable bonds is 5. The summed E-state index contributed by atoms with van der Waals surface area (Å²) in [4.78, 5) is 23.7. The third-order valence-corrected chi connectivity index (χ3v) is 3.62. The molecular weight excluding hydrogens is 418 g/mol. The van der Waals surface area contributed by atoms with Gasteiger partial charge in [-0.2, -0.15) is 26.3 Å². The first-order chi connectivity index (χ1) is 13.9. The molecule has 0 saturated heterocycles. The maximum Gasteiger partial charge on any atom is 0.416 e. The SMILES string of the molecule is CC(NC(=O)c1cc(C(F)(F)F)cc(C(F)(F)F)c1)/C(=N/C=N)Nc1ncccn1. The van der Waals surface area contributed by atoms with Gasteiger partial charge >= 0.3 is 12.4 Å². The number of amidine groups is 1. The molecule has 1 amide bonds. The normalized spacial score (nSPS) is 13.5. The third kappa shape index (κ3) is 5.99. The highest BCUT2D eigenvalue weighted by Gasteiger charge is 2.37. The van der Waals surface area contributed by atoms with Crippen molar-refractivity contribution in [1.29, 1.82) is 5.41 Å². The van der Waals surface area contributed by atoms with Crippen molar-refractivity contribution < 1.29 is 31.1 Å². The van der Waals surface area contributed by atoms with Crippen LogP contribution in [-0.2, 0) is 12.4 Å². The average Bonchev–Trinajstić information content (AvgIpc) is 2.66. The number of nitrogens with zero attached hydrogens (tertiary/aromatic N) is 3.